The number of carbonyl (C=O) groups is 2. The van der Waals surface area contributed by atoms with Crippen LogP contribution in [0.15, 0.2) is 35.1 Å². The fourth-order valence-corrected chi connectivity index (χ4v) is 5.42. The Morgan fingerprint density at radius 1 is 1.13 bits per heavy atom. The van der Waals surface area contributed by atoms with Crippen LogP contribution in [0.4, 0.5) is 5.69 Å². The fourth-order valence-electron chi connectivity index (χ4n) is 5.42. The van der Waals surface area contributed by atoms with Crippen molar-refractivity contribution in [2.24, 2.45) is 12.8 Å². The number of anilines is 1. The Bertz CT molecular complexity index is 1490. The molecule has 0 spiro atoms. The zero-order valence-electron chi connectivity index (χ0n) is 21.8. The molecule has 2 saturated heterocycles. The van der Waals surface area contributed by atoms with Crippen molar-refractivity contribution in [3.63, 3.8) is 0 Å². The largest absolute Gasteiger partial charge is 0.368 e. The Balaban J connectivity index is 1.61. The Morgan fingerprint density at radius 2 is 1.84 bits per heavy atom. The lowest BCUT2D eigenvalue weighted by atomic mass is 10.1. The van der Waals surface area contributed by atoms with Gasteiger partial charge < -0.3 is 20.4 Å². The van der Waals surface area contributed by atoms with Crippen LogP contribution < -0.4 is 16.3 Å². The molecule has 0 bridgehead atoms. The van der Waals surface area contributed by atoms with Crippen molar-refractivity contribution in [1.82, 2.24) is 23.9 Å². The molecule has 0 aliphatic carbocycles. The van der Waals surface area contributed by atoms with Gasteiger partial charge in [-0.15, -0.1) is 0 Å². The number of amides is 2. The molecule has 2 aromatic heterocycles. The average Bonchev–Trinajstić information content (AvgIpc) is 3.17. The van der Waals surface area contributed by atoms with Crippen molar-refractivity contribution < 1.29 is 9.59 Å². The van der Waals surface area contributed by atoms with Crippen LogP contribution in [0.3, 0.4) is 0 Å². The monoisotopic (exact) mass is 516 g/mol. The van der Waals surface area contributed by atoms with E-state index in [4.69, 9.17) is 10.7 Å². The molecule has 1 aromatic carbocycles. The topological polar surface area (TPSA) is 133 Å². The molecule has 2 N–H and O–H groups in total. The normalized spacial score (nSPS) is 18.1. The lowest BCUT2D eigenvalue weighted by molar-refractivity contribution is -0.130. The number of nitriles is 1. The van der Waals surface area contributed by atoms with E-state index in [2.05, 4.69) is 11.0 Å². The third-order valence-electron chi connectivity index (χ3n) is 7.56. The second kappa shape index (κ2) is 10.3. The molecule has 5 rings (SSSR count). The fraction of sp³-hybridized carbons (Fsp3) is 0.444. The molecule has 2 aliphatic heterocycles. The summed E-state index contributed by atoms with van der Waals surface area (Å²) >= 11 is 0. The summed E-state index contributed by atoms with van der Waals surface area (Å²) in [6.07, 6.45) is 1.81. The summed E-state index contributed by atoms with van der Waals surface area (Å²) in [6, 6.07) is 11.2. The minimum Gasteiger partial charge on any atom is -0.368 e. The molecule has 0 radical (unpaired) electrons. The second-order valence-corrected chi connectivity index (χ2v) is 10.0. The number of rotatable bonds is 4. The van der Waals surface area contributed by atoms with Gasteiger partial charge >= 0.3 is 5.69 Å². The maximum atomic E-state index is 13.6. The standard InChI is InChI=1S/C27H32N8O3/c1-18(36)32-10-12-33(13-11-32)26(37)22-14-23(34-9-5-8-21(29)17-34)24-25(30-22)31(2)27(38)35(24)16-20-7-4-3-6-19(20)15-28/h3-4,6-7,14,21H,5,8-13,16-17,29H2,1-2H3. The van der Waals surface area contributed by atoms with Crippen LogP contribution in [0.1, 0.15) is 41.4 Å². The zero-order chi connectivity index (χ0) is 27.0. The number of carbonyl (C=O) groups excluding carboxylic acids is 2. The van der Waals surface area contributed by atoms with Gasteiger partial charge in [0.05, 0.1) is 23.9 Å². The smallest absolute Gasteiger partial charge is 0.330 e. The molecule has 3 aromatic rings. The number of hydrogen-bond acceptors (Lipinski definition) is 7. The number of nitrogens with two attached hydrogens (primary N) is 1. The Kier molecular flexibility index (Phi) is 6.91. The van der Waals surface area contributed by atoms with E-state index in [1.54, 1.807) is 39.6 Å². The van der Waals surface area contributed by atoms with E-state index in [-0.39, 0.29) is 35.8 Å². The molecule has 198 valence electrons. The van der Waals surface area contributed by atoms with Gasteiger partial charge in [0.25, 0.3) is 5.91 Å². The van der Waals surface area contributed by atoms with Gasteiger partial charge in [0.15, 0.2) is 5.65 Å². The van der Waals surface area contributed by atoms with E-state index in [0.29, 0.717) is 49.5 Å². The maximum absolute atomic E-state index is 13.6. The number of fused-ring (bicyclic) bond motifs is 1. The molecule has 4 heterocycles. The third-order valence-corrected chi connectivity index (χ3v) is 7.56. The highest BCUT2D eigenvalue weighted by Crippen LogP contribution is 2.30. The van der Waals surface area contributed by atoms with Gasteiger partial charge in [-0.05, 0) is 30.5 Å². The highest BCUT2D eigenvalue weighted by molar-refractivity contribution is 5.98. The molecule has 2 amide bonds. The number of piperidine rings is 1. The number of aryl methyl sites for hydroxylation is 1. The highest BCUT2D eigenvalue weighted by atomic mass is 16.2. The van der Waals surface area contributed by atoms with Gasteiger partial charge in [-0.3, -0.25) is 18.7 Å². The number of piperazine rings is 1. The van der Waals surface area contributed by atoms with Gasteiger partial charge in [0.2, 0.25) is 5.91 Å². The molecule has 11 heteroatoms. The van der Waals surface area contributed by atoms with Crippen molar-refractivity contribution in [2.45, 2.75) is 32.4 Å². The number of benzene rings is 1. The van der Waals surface area contributed by atoms with Crippen molar-refractivity contribution in [3.05, 3.63) is 57.6 Å². The number of nitrogens with zero attached hydrogens (tertiary/aromatic N) is 7. The first kappa shape index (κ1) is 25.5. The number of pyridine rings is 1. The van der Waals surface area contributed by atoms with E-state index < -0.39 is 0 Å². The van der Waals surface area contributed by atoms with Crippen LogP contribution in [-0.2, 0) is 18.4 Å². The van der Waals surface area contributed by atoms with E-state index in [9.17, 15) is 19.6 Å². The lowest BCUT2D eigenvalue weighted by Crippen LogP contribution is -2.50. The molecule has 1 atom stereocenters. The van der Waals surface area contributed by atoms with E-state index in [0.717, 1.165) is 30.6 Å². The Hall–Kier alpha value is -4.17. The quantitative estimate of drug-likeness (QED) is 0.544. The van der Waals surface area contributed by atoms with Gasteiger partial charge in [-0.2, -0.15) is 5.26 Å². The molecular formula is C27H32N8O3. The molecular weight excluding hydrogens is 484 g/mol. The van der Waals surface area contributed by atoms with Crippen LogP contribution in [0.2, 0.25) is 0 Å². The first-order valence-corrected chi connectivity index (χ1v) is 12.9. The maximum Gasteiger partial charge on any atom is 0.330 e. The summed E-state index contributed by atoms with van der Waals surface area (Å²) in [6.45, 7) is 4.88. The molecule has 0 saturated carbocycles. The van der Waals surface area contributed by atoms with E-state index in [1.165, 1.54) is 11.5 Å². The Labute approximate surface area is 220 Å². The first-order chi connectivity index (χ1) is 18.3. The number of aromatic nitrogens is 3. The average molecular weight is 517 g/mol. The summed E-state index contributed by atoms with van der Waals surface area (Å²) in [4.78, 5) is 49.1. The van der Waals surface area contributed by atoms with Crippen molar-refractivity contribution >= 4 is 28.7 Å². The molecule has 11 nitrogen and oxygen atoms in total. The molecule has 2 fully saturated rings. The summed E-state index contributed by atoms with van der Waals surface area (Å²) in [5.74, 6) is -0.234. The van der Waals surface area contributed by atoms with E-state index in [1.807, 2.05) is 12.1 Å². The summed E-state index contributed by atoms with van der Waals surface area (Å²) < 4.78 is 3.09. The summed E-state index contributed by atoms with van der Waals surface area (Å²) in [7, 11) is 1.65. The molecule has 38 heavy (non-hydrogen) atoms. The predicted molar refractivity (Wildman–Crippen MR) is 143 cm³/mol. The second-order valence-electron chi connectivity index (χ2n) is 10.0. The lowest BCUT2D eigenvalue weighted by Gasteiger charge is -2.35. The van der Waals surface area contributed by atoms with E-state index >= 15 is 0 Å². The minimum atomic E-state index is -0.275. The summed E-state index contributed by atoms with van der Waals surface area (Å²) in [5, 5.41) is 9.60. The van der Waals surface area contributed by atoms with Crippen LogP contribution in [0.25, 0.3) is 11.2 Å². The first-order valence-electron chi connectivity index (χ1n) is 12.9. The summed E-state index contributed by atoms with van der Waals surface area (Å²) in [5.41, 5.74) is 9.30. The van der Waals surface area contributed by atoms with Crippen LogP contribution >= 0.6 is 0 Å². The minimum absolute atomic E-state index is 0.00493. The van der Waals surface area contributed by atoms with Gasteiger partial charge in [-0.1, -0.05) is 18.2 Å². The number of imidazole rings is 1. The van der Waals surface area contributed by atoms with Crippen LogP contribution in [0, 0.1) is 11.3 Å². The molecule has 1 unspecified atom stereocenters. The molecule has 2 aliphatic rings. The third kappa shape index (κ3) is 4.63. The highest BCUT2D eigenvalue weighted by Gasteiger charge is 2.29. The SMILES string of the molecule is CC(=O)N1CCN(C(=O)c2cc(N3CCCC(N)C3)c3c(n2)n(C)c(=O)n3Cc2ccccc2C#N)CC1. The van der Waals surface area contributed by atoms with Gasteiger partial charge in [0.1, 0.15) is 11.2 Å². The zero-order valence-corrected chi connectivity index (χ0v) is 21.8. The van der Waals surface area contributed by atoms with Gasteiger partial charge in [-0.25, -0.2) is 9.78 Å². The van der Waals surface area contributed by atoms with Crippen LogP contribution in [-0.4, -0.2) is 81.0 Å². The Morgan fingerprint density at radius 3 is 2.53 bits per heavy atom. The van der Waals surface area contributed by atoms with Gasteiger partial charge in [0, 0.05) is 59.3 Å². The van der Waals surface area contributed by atoms with Crippen molar-refractivity contribution in [3.8, 4) is 6.07 Å². The van der Waals surface area contributed by atoms with Crippen molar-refractivity contribution in [1.29, 1.82) is 5.26 Å². The van der Waals surface area contributed by atoms with Crippen molar-refractivity contribution in [2.75, 3.05) is 44.2 Å². The van der Waals surface area contributed by atoms with Crippen LogP contribution in [0.5, 0.6) is 0 Å². The predicted octanol–water partition coefficient (Wildman–Crippen LogP) is 0.887. The number of hydrogen-bond donors (Lipinski definition) is 1.